The molecule has 0 amide bonds. The van der Waals surface area contributed by atoms with Crippen molar-refractivity contribution in [3.05, 3.63) is 35.1 Å². The SMILES string of the molecule is O=C(O)CC(O)c1cc(F)ccc1C(F)(F)F. The van der Waals surface area contributed by atoms with Crippen LogP contribution >= 0.6 is 0 Å². The lowest BCUT2D eigenvalue weighted by molar-refractivity contribution is -0.143. The van der Waals surface area contributed by atoms with Crippen LogP contribution in [0.4, 0.5) is 17.6 Å². The van der Waals surface area contributed by atoms with Gasteiger partial charge >= 0.3 is 12.1 Å². The van der Waals surface area contributed by atoms with Gasteiger partial charge in [0.05, 0.1) is 18.1 Å². The smallest absolute Gasteiger partial charge is 0.416 e. The largest absolute Gasteiger partial charge is 0.481 e. The van der Waals surface area contributed by atoms with Gasteiger partial charge in [0, 0.05) is 0 Å². The average molecular weight is 252 g/mol. The molecule has 0 heterocycles. The van der Waals surface area contributed by atoms with E-state index in [1.807, 2.05) is 0 Å². The molecule has 0 fully saturated rings. The van der Waals surface area contributed by atoms with Crippen LogP contribution in [0.15, 0.2) is 18.2 Å². The van der Waals surface area contributed by atoms with E-state index in [1.54, 1.807) is 0 Å². The van der Waals surface area contributed by atoms with Gasteiger partial charge in [-0.1, -0.05) is 0 Å². The summed E-state index contributed by atoms with van der Waals surface area (Å²) < 4.78 is 50.3. The van der Waals surface area contributed by atoms with Crippen molar-refractivity contribution in [2.75, 3.05) is 0 Å². The van der Waals surface area contributed by atoms with Crippen LogP contribution < -0.4 is 0 Å². The molecule has 0 aromatic heterocycles. The number of aliphatic hydroxyl groups excluding tert-OH is 1. The second-order valence-electron chi connectivity index (χ2n) is 3.34. The van der Waals surface area contributed by atoms with Crippen LogP contribution in [0.2, 0.25) is 0 Å². The minimum atomic E-state index is -4.78. The summed E-state index contributed by atoms with van der Waals surface area (Å²) in [6.45, 7) is 0. The van der Waals surface area contributed by atoms with E-state index in [2.05, 4.69) is 0 Å². The van der Waals surface area contributed by atoms with E-state index in [-0.39, 0.29) is 0 Å². The summed E-state index contributed by atoms with van der Waals surface area (Å²) in [5, 5.41) is 17.7. The molecule has 0 aliphatic heterocycles. The molecule has 0 spiro atoms. The number of carboxylic acid groups (broad SMARTS) is 1. The second-order valence-corrected chi connectivity index (χ2v) is 3.34. The van der Waals surface area contributed by atoms with Crippen LogP contribution in [0.1, 0.15) is 23.7 Å². The Morgan fingerprint density at radius 3 is 2.41 bits per heavy atom. The molecule has 7 heteroatoms. The van der Waals surface area contributed by atoms with Crippen LogP contribution in [-0.4, -0.2) is 16.2 Å². The Labute approximate surface area is 93.3 Å². The van der Waals surface area contributed by atoms with E-state index in [1.165, 1.54) is 0 Å². The highest BCUT2D eigenvalue weighted by Gasteiger charge is 2.35. The Morgan fingerprint density at radius 2 is 1.94 bits per heavy atom. The van der Waals surface area contributed by atoms with E-state index < -0.39 is 41.6 Å². The average Bonchev–Trinajstić information content (AvgIpc) is 2.14. The van der Waals surface area contributed by atoms with Gasteiger partial charge in [-0.15, -0.1) is 0 Å². The molecule has 1 unspecified atom stereocenters. The molecule has 0 radical (unpaired) electrons. The fourth-order valence-electron chi connectivity index (χ4n) is 1.34. The topological polar surface area (TPSA) is 57.5 Å². The molecule has 94 valence electrons. The predicted molar refractivity (Wildman–Crippen MR) is 48.6 cm³/mol. The van der Waals surface area contributed by atoms with Gasteiger partial charge in [0.25, 0.3) is 0 Å². The van der Waals surface area contributed by atoms with Gasteiger partial charge in [-0.2, -0.15) is 13.2 Å². The number of halogens is 4. The number of carbonyl (C=O) groups is 1. The fraction of sp³-hybridized carbons (Fsp3) is 0.300. The lowest BCUT2D eigenvalue weighted by Crippen LogP contribution is -2.14. The van der Waals surface area contributed by atoms with Crippen molar-refractivity contribution in [3.63, 3.8) is 0 Å². The molecule has 2 N–H and O–H groups in total. The third-order valence-corrected chi connectivity index (χ3v) is 2.05. The van der Waals surface area contributed by atoms with Gasteiger partial charge in [0.2, 0.25) is 0 Å². The fourth-order valence-corrected chi connectivity index (χ4v) is 1.34. The first-order chi connectivity index (χ1) is 7.71. The number of carboxylic acids is 1. The zero-order valence-corrected chi connectivity index (χ0v) is 8.33. The molecule has 0 aliphatic carbocycles. The Bertz CT molecular complexity index is 428. The number of aliphatic carboxylic acids is 1. The van der Waals surface area contributed by atoms with Crippen molar-refractivity contribution in [3.8, 4) is 0 Å². The van der Waals surface area contributed by atoms with Gasteiger partial charge < -0.3 is 10.2 Å². The first-order valence-electron chi connectivity index (χ1n) is 4.48. The number of benzene rings is 1. The Kier molecular flexibility index (Phi) is 3.72. The Morgan fingerprint density at radius 1 is 1.35 bits per heavy atom. The highest BCUT2D eigenvalue weighted by Crippen LogP contribution is 2.35. The molecule has 17 heavy (non-hydrogen) atoms. The maximum absolute atomic E-state index is 12.8. The van der Waals surface area contributed by atoms with E-state index >= 15 is 0 Å². The maximum atomic E-state index is 12.8. The van der Waals surface area contributed by atoms with E-state index in [0.717, 1.165) is 0 Å². The normalized spacial score (nSPS) is 13.5. The molecule has 0 aliphatic rings. The lowest BCUT2D eigenvalue weighted by Gasteiger charge is -2.16. The molecule has 0 bridgehead atoms. The third kappa shape index (κ3) is 3.42. The monoisotopic (exact) mass is 252 g/mol. The van der Waals surface area contributed by atoms with Gasteiger partial charge in [0.1, 0.15) is 5.82 Å². The molecule has 0 saturated heterocycles. The van der Waals surface area contributed by atoms with Crippen molar-refractivity contribution >= 4 is 5.97 Å². The summed E-state index contributed by atoms with van der Waals surface area (Å²) in [6.07, 6.45) is -7.60. The van der Waals surface area contributed by atoms with E-state index in [0.29, 0.717) is 18.2 Å². The standard InChI is InChI=1S/C10H8F4O3/c11-5-1-2-7(10(12,13)14)6(3-5)8(15)4-9(16)17/h1-3,8,15H,4H2,(H,16,17). The molecular weight excluding hydrogens is 244 g/mol. The summed E-state index contributed by atoms with van der Waals surface area (Å²) in [5.74, 6) is -2.45. The molecule has 1 aromatic rings. The van der Waals surface area contributed by atoms with Crippen molar-refractivity contribution in [2.24, 2.45) is 0 Å². The zero-order chi connectivity index (χ0) is 13.2. The predicted octanol–water partition coefficient (Wildman–Crippen LogP) is 2.35. The number of aliphatic hydroxyl groups is 1. The molecular formula is C10H8F4O3. The maximum Gasteiger partial charge on any atom is 0.416 e. The lowest BCUT2D eigenvalue weighted by atomic mass is 9.99. The minimum absolute atomic E-state index is 0.468. The molecule has 1 rings (SSSR count). The third-order valence-electron chi connectivity index (χ3n) is 2.05. The van der Waals surface area contributed by atoms with Crippen LogP contribution in [0, 0.1) is 5.82 Å². The summed E-state index contributed by atoms with van der Waals surface area (Å²) in [4.78, 5) is 10.3. The summed E-state index contributed by atoms with van der Waals surface area (Å²) in [7, 11) is 0. The zero-order valence-electron chi connectivity index (χ0n) is 8.33. The minimum Gasteiger partial charge on any atom is -0.481 e. The van der Waals surface area contributed by atoms with Crippen molar-refractivity contribution < 1.29 is 32.6 Å². The van der Waals surface area contributed by atoms with Crippen LogP contribution in [-0.2, 0) is 11.0 Å². The highest BCUT2D eigenvalue weighted by atomic mass is 19.4. The Balaban J connectivity index is 3.20. The molecule has 0 saturated carbocycles. The van der Waals surface area contributed by atoms with Crippen molar-refractivity contribution in [2.45, 2.75) is 18.7 Å². The van der Waals surface area contributed by atoms with Gasteiger partial charge in [0.15, 0.2) is 0 Å². The van der Waals surface area contributed by atoms with E-state index in [9.17, 15) is 27.5 Å². The summed E-state index contributed by atoms with van der Waals surface area (Å²) >= 11 is 0. The van der Waals surface area contributed by atoms with Crippen molar-refractivity contribution in [1.82, 2.24) is 0 Å². The first kappa shape index (κ1) is 13.4. The van der Waals surface area contributed by atoms with Crippen molar-refractivity contribution in [1.29, 1.82) is 0 Å². The van der Waals surface area contributed by atoms with Gasteiger partial charge in [-0.05, 0) is 23.8 Å². The molecule has 3 nitrogen and oxygen atoms in total. The second kappa shape index (κ2) is 4.70. The quantitative estimate of drug-likeness (QED) is 0.812. The van der Waals surface area contributed by atoms with Crippen LogP contribution in [0.25, 0.3) is 0 Å². The summed E-state index contributed by atoms with van der Waals surface area (Å²) in [6, 6.07) is 1.55. The number of alkyl halides is 3. The van der Waals surface area contributed by atoms with Gasteiger partial charge in [-0.25, -0.2) is 4.39 Å². The van der Waals surface area contributed by atoms with Crippen LogP contribution in [0.5, 0.6) is 0 Å². The highest BCUT2D eigenvalue weighted by molar-refractivity contribution is 5.67. The van der Waals surface area contributed by atoms with Gasteiger partial charge in [-0.3, -0.25) is 4.79 Å². The molecule has 1 atom stereocenters. The number of rotatable bonds is 3. The summed E-state index contributed by atoms with van der Waals surface area (Å²) in [5.41, 5.74) is -2.02. The van der Waals surface area contributed by atoms with E-state index in [4.69, 9.17) is 5.11 Å². The number of hydrogen-bond acceptors (Lipinski definition) is 2. The first-order valence-corrected chi connectivity index (χ1v) is 4.48. The molecule has 1 aromatic carbocycles. The van der Waals surface area contributed by atoms with Crippen LogP contribution in [0.3, 0.4) is 0 Å². The number of hydrogen-bond donors (Lipinski definition) is 2. The Hall–Kier alpha value is -1.63.